The first-order chi connectivity index (χ1) is 9.69. The van der Waals surface area contributed by atoms with Gasteiger partial charge in [-0.1, -0.05) is 25.1 Å². The third-order valence-electron chi connectivity index (χ3n) is 2.88. The standard InChI is InChI=1S/C15H23NO3S/c1-3-9-19-14-7-5-4-6-12(14)11-16-13(15(17)18)8-10-20-2/h4-7,13,16H,3,8-11H2,1-2H3,(H,17,18)/t13-/m0/s1. The highest BCUT2D eigenvalue weighted by atomic mass is 32.2. The molecule has 112 valence electrons. The number of thioether (sulfide) groups is 1. The van der Waals surface area contributed by atoms with E-state index in [9.17, 15) is 9.90 Å². The van der Waals surface area contributed by atoms with Crippen molar-refractivity contribution in [3.63, 3.8) is 0 Å². The molecule has 0 unspecified atom stereocenters. The van der Waals surface area contributed by atoms with Gasteiger partial charge in [0.1, 0.15) is 11.8 Å². The summed E-state index contributed by atoms with van der Waals surface area (Å²) in [6.07, 6.45) is 3.55. The van der Waals surface area contributed by atoms with Crippen molar-refractivity contribution < 1.29 is 14.6 Å². The minimum absolute atomic E-state index is 0.505. The van der Waals surface area contributed by atoms with Crippen LogP contribution in [0.1, 0.15) is 25.3 Å². The first-order valence-electron chi connectivity index (χ1n) is 6.84. The molecule has 0 spiro atoms. The van der Waals surface area contributed by atoms with Gasteiger partial charge < -0.3 is 15.2 Å². The molecule has 0 fully saturated rings. The van der Waals surface area contributed by atoms with Crippen LogP contribution in [0.15, 0.2) is 24.3 Å². The molecule has 0 saturated carbocycles. The van der Waals surface area contributed by atoms with Crippen molar-refractivity contribution in [3.8, 4) is 5.75 Å². The zero-order valence-electron chi connectivity index (χ0n) is 12.1. The molecule has 4 nitrogen and oxygen atoms in total. The Kier molecular flexibility index (Phi) is 8.14. The van der Waals surface area contributed by atoms with Gasteiger partial charge in [-0.15, -0.1) is 0 Å². The zero-order valence-corrected chi connectivity index (χ0v) is 12.9. The van der Waals surface area contributed by atoms with Gasteiger partial charge in [-0.25, -0.2) is 0 Å². The summed E-state index contributed by atoms with van der Waals surface area (Å²) in [6.45, 7) is 3.24. The van der Waals surface area contributed by atoms with E-state index in [4.69, 9.17) is 4.74 Å². The maximum absolute atomic E-state index is 11.2. The van der Waals surface area contributed by atoms with Gasteiger partial charge in [0, 0.05) is 12.1 Å². The van der Waals surface area contributed by atoms with Crippen LogP contribution in [-0.2, 0) is 11.3 Å². The predicted molar refractivity (Wildman–Crippen MR) is 83.5 cm³/mol. The second-order valence-electron chi connectivity index (χ2n) is 4.51. The molecule has 0 saturated heterocycles. The van der Waals surface area contributed by atoms with Crippen LogP contribution in [0, 0.1) is 0 Å². The minimum atomic E-state index is -0.800. The fourth-order valence-corrected chi connectivity index (χ4v) is 2.26. The third-order valence-corrected chi connectivity index (χ3v) is 3.53. The van der Waals surface area contributed by atoms with Crippen molar-refractivity contribution >= 4 is 17.7 Å². The van der Waals surface area contributed by atoms with Gasteiger partial charge in [-0.05, 0) is 30.9 Å². The normalized spacial score (nSPS) is 12.1. The highest BCUT2D eigenvalue weighted by Crippen LogP contribution is 2.18. The van der Waals surface area contributed by atoms with E-state index in [1.165, 1.54) is 0 Å². The Hall–Kier alpha value is -1.20. The van der Waals surface area contributed by atoms with E-state index in [0.717, 1.165) is 23.5 Å². The molecular formula is C15H23NO3S. The monoisotopic (exact) mass is 297 g/mol. The molecule has 0 aliphatic carbocycles. The topological polar surface area (TPSA) is 58.6 Å². The molecule has 0 aliphatic heterocycles. The molecule has 0 aliphatic rings. The summed E-state index contributed by atoms with van der Waals surface area (Å²) in [7, 11) is 0. The third kappa shape index (κ3) is 5.84. The van der Waals surface area contributed by atoms with E-state index in [1.54, 1.807) is 11.8 Å². The lowest BCUT2D eigenvalue weighted by Gasteiger charge is -2.16. The first-order valence-corrected chi connectivity index (χ1v) is 8.24. The van der Waals surface area contributed by atoms with Crippen LogP contribution in [0.5, 0.6) is 5.75 Å². The second kappa shape index (κ2) is 9.66. The van der Waals surface area contributed by atoms with Crippen molar-refractivity contribution in [1.29, 1.82) is 0 Å². The number of benzene rings is 1. The zero-order chi connectivity index (χ0) is 14.8. The van der Waals surface area contributed by atoms with Gasteiger partial charge in [0.15, 0.2) is 0 Å². The molecule has 20 heavy (non-hydrogen) atoms. The number of hydrogen-bond donors (Lipinski definition) is 2. The lowest BCUT2D eigenvalue weighted by atomic mass is 10.1. The van der Waals surface area contributed by atoms with Crippen molar-refractivity contribution in [2.45, 2.75) is 32.4 Å². The van der Waals surface area contributed by atoms with E-state index >= 15 is 0 Å². The van der Waals surface area contributed by atoms with Crippen molar-refractivity contribution in [1.82, 2.24) is 5.32 Å². The summed E-state index contributed by atoms with van der Waals surface area (Å²) in [4.78, 5) is 11.2. The van der Waals surface area contributed by atoms with Gasteiger partial charge in [0.2, 0.25) is 0 Å². The molecule has 1 rings (SSSR count). The van der Waals surface area contributed by atoms with Gasteiger partial charge in [0.25, 0.3) is 0 Å². The van der Waals surface area contributed by atoms with Crippen LogP contribution < -0.4 is 10.1 Å². The van der Waals surface area contributed by atoms with Gasteiger partial charge in [-0.3, -0.25) is 4.79 Å². The largest absolute Gasteiger partial charge is 0.493 e. The molecule has 0 aromatic heterocycles. The average Bonchev–Trinajstić information content (AvgIpc) is 2.45. The molecule has 0 radical (unpaired) electrons. The SMILES string of the molecule is CCCOc1ccccc1CN[C@@H](CCSC)C(=O)O. The van der Waals surface area contributed by atoms with Crippen LogP contribution in [0.25, 0.3) is 0 Å². The number of hydrogen-bond acceptors (Lipinski definition) is 4. The Balaban J connectivity index is 2.60. The number of aliphatic carboxylic acids is 1. The van der Waals surface area contributed by atoms with Gasteiger partial charge >= 0.3 is 5.97 Å². The molecule has 1 atom stereocenters. The van der Waals surface area contributed by atoms with Crippen molar-refractivity contribution in [2.75, 3.05) is 18.6 Å². The summed E-state index contributed by atoms with van der Waals surface area (Å²) in [5, 5.41) is 12.3. The fraction of sp³-hybridized carbons (Fsp3) is 0.533. The van der Waals surface area contributed by atoms with Crippen molar-refractivity contribution in [3.05, 3.63) is 29.8 Å². The van der Waals surface area contributed by atoms with E-state index in [-0.39, 0.29) is 0 Å². The number of carbonyl (C=O) groups is 1. The minimum Gasteiger partial charge on any atom is -0.493 e. The Morgan fingerprint density at radius 3 is 2.85 bits per heavy atom. The van der Waals surface area contributed by atoms with Crippen LogP contribution in [0.3, 0.4) is 0 Å². The van der Waals surface area contributed by atoms with Gasteiger partial charge in [0.05, 0.1) is 6.61 Å². The second-order valence-corrected chi connectivity index (χ2v) is 5.49. The molecule has 0 heterocycles. The number of ether oxygens (including phenoxy) is 1. The van der Waals surface area contributed by atoms with E-state index < -0.39 is 12.0 Å². The quantitative estimate of drug-likeness (QED) is 0.695. The maximum Gasteiger partial charge on any atom is 0.320 e. The number of carboxylic acid groups (broad SMARTS) is 1. The summed E-state index contributed by atoms with van der Waals surface area (Å²) < 4.78 is 5.67. The lowest BCUT2D eigenvalue weighted by Crippen LogP contribution is -2.36. The van der Waals surface area contributed by atoms with E-state index in [1.807, 2.05) is 30.5 Å². The first kappa shape index (κ1) is 16.9. The summed E-state index contributed by atoms with van der Waals surface area (Å²) in [6, 6.07) is 7.24. The highest BCUT2D eigenvalue weighted by molar-refractivity contribution is 7.98. The average molecular weight is 297 g/mol. The summed E-state index contributed by atoms with van der Waals surface area (Å²) in [5.41, 5.74) is 0.997. The maximum atomic E-state index is 11.2. The molecule has 2 N–H and O–H groups in total. The van der Waals surface area contributed by atoms with Gasteiger partial charge in [-0.2, -0.15) is 11.8 Å². The molecule has 1 aromatic rings. The molecule has 1 aromatic carbocycles. The number of rotatable bonds is 10. The number of nitrogens with one attached hydrogen (secondary N) is 1. The van der Waals surface area contributed by atoms with Crippen LogP contribution in [-0.4, -0.2) is 35.7 Å². The highest BCUT2D eigenvalue weighted by Gasteiger charge is 2.16. The molecular weight excluding hydrogens is 274 g/mol. The number of para-hydroxylation sites is 1. The smallest absolute Gasteiger partial charge is 0.320 e. The van der Waals surface area contributed by atoms with Crippen LogP contribution >= 0.6 is 11.8 Å². The van der Waals surface area contributed by atoms with Crippen LogP contribution in [0.4, 0.5) is 0 Å². The lowest BCUT2D eigenvalue weighted by molar-refractivity contribution is -0.139. The summed E-state index contributed by atoms with van der Waals surface area (Å²) >= 11 is 1.66. The molecule has 0 bridgehead atoms. The Morgan fingerprint density at radius 2 is 2.20 bits per heavy atom. The molecule has 5 heteroatoms. The van der Waals surface area contributed by atoms with Crippen LogP contribution in [0.2, 0.25) is 0 Å². The Morgan fingerprint density at radius 1 is 1.45 bits per heavy atom. The summed E-state index contributed by atoms with van der Waals surface area (Å²) in [5.74, 6) is 0.861. The Bertz CT molecular complexity index is 412. The molecule has 0 amide bonds. The van der Waals surface area contributed by atoms with E-state index in [0.29, 0.717) is 19.6 Å². The fourth-order valence-electron chi connectivity index (χ4n) is 1.78. The van der Waals surface area contributed by atoms with Crippen molar-refractivity contribution in [2.24, 2.45) is 0 Å². The predicted octanol–water partition coefficient (Wildman–Crippen LogP) is 2.77. The number of carboxylic acids is 1. The van der Waals surface area contributed by atoms with E-state index in [2.05, 4.69) is 12.2 Å². The Labute approximate surface area is 124 Å².